The summed E-state index contributed by atoms with van der Waals surface area (Å²) in [6.45, 7) is 2.28. The molecule has 138 valence electrons. The molecule has 0 aliphatic carbocycles. The van der Waals surface area contributed by atoms with E-state index < -0.39 is 0 Å². The molecule has 2 heterocycles. The van der Waals surface area contributed by atoms with Crippen LogP contribution < -0.4 is 10.2 Å². The Labute approximate surface area is 162 Å². The first kappa shape index (κ1) is 17.9. The third-order valence-corrected chi connectivity index (χ3v) is 5.99. The molecule has 1 unspecified atom stereocenters. The molecule has 4 rings (SSSR count). The van der Waals surface area contributed by atoms with E-state index in [0.717, 1.165) is 30.0 Å². The fourth-order valence-electron chi connectivity index (χ4n) is 3.66. The van der Waals surface area contributed by atoms with Crippen LogP contribution in [0, 0.1) is 5.82 Å². The topological polar surface area (TPSA) is 33.5 Å². The molecular formula is C22H22FN2OS+. The number of thiophene rings is 1. The van der Waals surface area contributed by atoms with E-state index >= 15 is 0 Å². The van der Waals surface area contributed by atoms with E-state index in [-0.39, 0.29) is 17.8 Å². The van der Waals surface area contributed by atoms with E-state index in [1.54, 1.807) is 23.5 Å². The van der Waals surface area contributed by atoms with Gasteiger partial charge in [0, 0.05) is 16.9 Å². The Bertz CT molecular complexity index is 908. The first-order valence-corrected chi connectivity index (χ1v) is 10.1. The second-order valence-corrected chi connectivity index (χ2v) is 7.92. The molecule has 1 amide bonds. The summed E-state index contributed by atoms with van der Waals surface area (Å²) in [5, 5.41) is 5.15. The van der Waals surface area contributed by atoms with Crippen LogP contribution in [0.3, 0.4) is 0 Å². The van der Waals surface area contributed by atoms with Crippen molar-refractivity contribution in [3.05, 3.63) is 93.4 Å². The Balaban J connectivity index is 1.45. The van der Waals surface area contributed by atoms with Gasteiger partial charge in [-0.2, -0.15) is 0 Å². The molecule has 2 N–H and O–H groups in total. The Morgan fingerprint density at radius 2 is 1.85 bits per heavy atom. The fourth-order valence-corrected chi connectivity index (χ4v) is 4.46. The van der Waals surface area contributed by atoms with Gasteiger partial charge in [0.05, 0.1) is 12.6 Å². The molecule has 0 fully saturated rings. The monoisotopic (exact) mass is 381 g/mol. The minimum Gasteiger partial charge on any atom is -0.339 e. The van der Waals surface area contributed by atoms with Crippen LogP contribution in [0.2, 0.25) is 0 Å². The lowest BCUT2D eigenvalue weighted by Gasteiger charge is -2.26. The molecule has 0 saturated carbocycles. The number of halogens is 1. The van der Waals surface area contributed by atoms with Gasteiger partial charge in [-0.05, 0) is 34.7 Å². The molecular weight excluding hydrogens is 359 g/mol. The van der Waals surface area contributed by atoms with Crippen molar-refractivity contribution in [1.82, 2.24) is 5.32 Å². The van der Waals surface area contributed by atoms with Crippen molar-refractivity contribution in [2.24, 2.45) is 0 Å². The molecule has 2 atom stereocenters. The molecule has 27 heavy (non-hydrogen) atoms. The number of hydrogen-bond acceptors (Lipinski definition) is 2. The first-order valence-electron chi connectivity index (χ1n) is 9.17. The van der Waals surface area contributed by atoms with Gasteiger partial charge >= 0.3 is 0 Å². The van der Waals surface area contributed by atoms with Crippen molar-refractivity contribution in [3.8, 4) is 0 Å². The predicted octanol–water partition coefficient (Wildman–Crippen LogP) is 2.73. The van der Waals surface area contributed by atoms with Crippen LogP contribution in [0.4, 0.5) is 4.39 Å². The van der Waals surface area contributed by atoms with Gasteiger partial charge in [-0.3, -0.25) is 4.79 Å². The minimum atomic E-state index is -0.272. The van der Waals surface area contributed by atoms with Crippen LogP contribution in [0.15, 0.2) is 66.0 Å². The number of hydrogen-bond donors (Lipinski definition) is 2. The van der Waals surface area contributed by atoms with Crippen molar-refractivity contribution in [2.75, 3.05) is 13.1 Å². The summed E-state index contributed by atoms with van der Waals surface area (Å²) in [5.74, 6) is -0.251. The van der Waals surface area contributed by atoms with Gasteiger partial charge in [0.25, 0.3) is 5.91 Å². The molecule has 0 radical (unpaired) electrons. The molecule has 3 aromatic rings. The summed E-state index contributed by atoms with van der Waals surface area (Å²) in [7, 11) is 0. The van der Waals surface area contributed by atoms with Crippen LogP contribution in [0.1, 0.15) is 27.6 Å². The third-order valence-electron chi connectivity index (χ3n) is 5.05. The molecule has 1 aliphatic heterocycles. The zero-order valence-electron chi connectivity index (χ0n) is 15.0. The molecule has 0 spiro atoms. The number of carbonyl (C=O) groups excluding carboxylic acids is 1. The van der Waals surface area contributed by atoms with Gasteiger partial charge in [0.1, 0.15) is 12.4 Å². The van der Waals surface area contributed by atoms with Gasteiger partial charge in [-0.15, -0.1) is 11.3 Å². The molecule has 3 nitrogen and oxygen atoms in total. The van der Waals surface area contributed by atoms with Crippen LogP contribution >= 0.6 is 11.3 Å². The van der Waals surface area contributed by atoms with Crippen LogP contribution in [0.25, 0.3) is 0 Å². The molecule has 1 aromatic heterocycles. The maximum Gasteiger partial charge on any atom is 0.275 e. The Morgan fingerprint density at radius 3 is 2.59 bits per heavy atom. The molecule has 0 bridgehead atoms. The number of benzene rings is 2. The Kier molecular flexibility index (Phi) is 5.32. The van der Waals surface area contributed by atoms with Crippen molar-refractivity contribution in [1.29, 1.82) is 0 Å². The van der Waals surface area contributed by atoms with Crippen LogP contribution in [-0.2, 0) is 17.8 Å². The van der Waals surface area contributed by atoms with Gasteiger partial charge in [-0.1, -0.05) is 42.5 Å². The second kappa shape index (κ2) is 8.03. The molecule has 0 saturated heterocycles. The third kappa shape index (κ3) is 4.26. The van der Waals surface area contributed by atoms with E-state index in [2.05, 4.69) is 29.6 Å². The van der Waals surface area contributed by atoms with E-state index in [0.29, 0.717) is 6.54 Å². The smallest absolute Gasteiger partial charge is 0.275 e. The summed E-state index contributed by atoms with van der Waals surface area (Å²) < 4.78 is 13.3. The average molecular weight is 381 g/mol. The van der Waals surface area contributed by atoms with Crippen LogP contribution in [-0.4, -0.2) is 19.0 Å². The maximum atomic E-state index is 13.3. The van der Waals surface area contributed by atoms with E-state index in [1.807, 2.05) is 17.5 Å². The number of quaternary nitrogens is 1. The highest BCUT2D eigenvalue weighted by molar-refractivity contribution is 7.10. The number of nitrogens with one attached hydrogen (secondary N) is 2. The van der Waals surface area contributed by atoms with E-state index in [9.17, 15) is 9.18 Å². The zero-order chi connectivity index (χ0) is 18.6. The lowest BCUT2D eigenvalue weighted by atomic mass is 10.00. The van der Waals surface area contributed by atoms with Crippen molar-refractivity contribution in [3.63, 3.8) is 0 Å². The van der Waals surface area contributed by atoms with E-state index in [4.69, 9.17) is 0 Å². The second-order valence-electron chi connectivity index (χ2n) is 6.94. The summed E-state index contributed by atoms with van der Waals surface area (Å²) in [6, 6.07) is 18.5. The quantitative estimate of drug-likeness (QED) is 0.700. The summed E-state index contributed by atoms with van der Waals surface area (Å²) in [4.78, 5) is 15.1. The zero-order valence-corrected chi connectivity index (χ0v) is 15.8. The normalized spacial score (nSPS) is 17.1. The van der Waals surface area contributed by atoms with Gasteiger partial charge in [0.15, 0.2) is 6.54 Å². The molecule has 5 heteroatoms. The fraction of sp³-hybridized carbons (Fsp3) is 0.227. The SMILES string of the molecule is O=C(C[NH+]1CCc2ccccc2C1)N[C@H](c1ccc(F)cc1)c1cccs1. The van der Waals surface area contributed by atoms with Crippen LogP contribution in [0.5, 0.6) is 0 Å². The predicted molar refractivity (Wildman–Crippen MR) is 105 cm³/mol. The number of rotatable bonds is 5. The summed E-state index contributed by atoms with van der Waals surface area (Å²) in [5.41, 5.74) is 3.62. The molecule has 1 aliphatic rings. The largest absolute Gasteiger partial charge is 0.339 e. The number of amides is 1. The highest BCUT2D eigenvalue weighted by atomic mass is 32.1. The maximum absolute atomic E-state index is 13.3. The summed E-state index contributed by atoms with van der Waals surface area (Å²) in [6.07, 6.45) is 1.01. The van der Waals surface area contributed by atoms with Crippen molar-refractivity contribution in [2.45, 2.75) is 19.0 Å². The average Bonchev–Trinajstić information content (AvgIpc) is 3.21. The van der Waals surface area contributed by atoms with Crippen molar-refractivity contribution < 1.29 is 14.1 Å². The minimum absolute atomic E-state index is 0.0205. The number of carbonyl (C=O) groups is 1. The highest BCUT2D eigenvalue weighted by Gasteiger charge is 2.24. The van der Waals surface area contributed by atoms with Gasteiger partial charge in [-0.25, -0.2) is 4.39 Å². The summed E-state index contributed by atoms with van der Waals surface area (Å²) >= 11 is 1.59. The Hall–Kier alpha value is -2.50. The standard InChI is InChI=1S/C22H21FN2OS/c23-19-9-7-17(8-10-19)22(20-6-3-13-27-20)24-21(26)15-25-12-11-16-4-1-2-5-18(16)14-25/h1-10,13,22H,11-12,14-15H2,(H,24,26)/p+1/t22-/m1/s1. The lowest BCUT2D eigenvalue weighted by molar-refractivity contribution is -0.908. The lowest BCUT2D eigenvalue weighted by Crippen LogP contribution is -3.12. The van der Waals surface area contributed by atoms with E-state index in [1.165, 1.54) is 28.2 Å². The molecule has 2 aromatic carbocycles. The highest BCUT2D eigenvalue weighted by Crippen LogP contribution is 2.26. The van der Waals surface area contributed by atoms with Crippen molar-refractivity contribution >= 4 is 17.2 Å². The Morgan fingerprint density at radius 1 is 1.07 bits per heavy atom. The van der Waals surface area contributed by atoms with Gasteiger partial charge in [0.2, 0.25) is 0 Å². The number of fused-ring (bicyclic) bond motifs is 1. The van der Waals surface area contributed by atoms with Gasteiger partial charge < -0.3 is 10.2 Å². The first-order chi connectivity index (χ1) is 13.2.